The molecule has 0 spiro atoms. The van der Waals surface area contributed by atoms with Crippen molar-refractivity contribution in [1.82, 2.24) is 4.90 Å². The highest BCUT2D eigenvalue weighted by Gasteiger charge is 2.49. The van der Waals surface area contributed by atoms with Gasteiger partial charge < -0.3 is 0 Å². The van der Waals surface area contributed by atoms with E-state index in [0.29, 0.717) is 5.92 Å². The highest BCUT2D eigenvalue weighted by atomic mass is 16.2. The Balaban J connectivity index is 2.20. The molecule has 3 heteroatoms. The van der Waals surface area contributed by atoms with Crippen molar-refractivity contribution in [3.63, 3.8) is 0 Å². The van der Waals surface area contributed by atoms with E-state index >= 15 is 0 Å². The maximum atomic E-state index is 12.3. The second-order valence-corrected chi connectivity index (χ2v) is 5.50. The largest absolute Gasteiger partial charge is 0.280 e. The van der Waals surface area contributed by atoms with Crippen LogP contribution in [-0.4, -0.2) is 22.8 Å². The van der Waals surface area contributed by atoms with E-state index in [1.54, 1.807) is 0 Å². The Bertz CT molecular complexity index is 305. The van der Waals surface area contributed by atoms with E-state index in [1.807, 2.05) is 20.8 Å². The van der Waals surface area contributed by atoms with Crippen molar-refractivity contribution < 1.29 is 9.59 Å². The summed E-state index contributed by atoms with van der Waals surface area (Å²) in [6.07, 6.45) is 4.69. The molecule has 0 radical (unpaired) electrons. The Kier molecular flexibility index (Phi) is 3.04. The molecule has 2 unspecified atom stereocenters. The predicted molar refractivity (Wildman–Crippen MR) is 61.6 cm³/mol. The third-order valence-corrected chi connectivity index (χ3v) is 4.11. The standard InChI is InChI=1S/C13H21NO2/c1-8(2)14-12(15)9(3)11(13(14)16)10-6-4-5-7-10/h8-11H,4-7H2,1-3H3. The van der Waals surface area contributed by atoms with Crippen LogP contribution in [0.5, 0.6) is 0 Å². The SMILES string of the molecule is CC1C(=O)N(C(C)C)C(=O)C1C1CCCC1. The van der Waals surface area contributed by atoms with Crippen molar-refractivity contribution in [2.75, 3.05) is 0 Å². The summed E-state index contributed by atoms with van der Waals surface area (Å²) in [5, 5.41) is 0. The summed E-state index contributed by atoms with van der Waals surface area (Å²) in [5.41, 5.74) is 0. The maximum absolute atomic E-state index is 12.3. The Morgan fingerprint density at radius 2 is 1.69 bits per heavy atom. The van der Waals surface area contributed by atoms with Gasteiger partial charge in [0, 0.05) is 12.0 Å². The van der Waals surface area contributed by atoms with Crippen LogP contribution in [-0.2, 0) is 9.59 Å². The number of carbonyl (C=O) groups is 2. The molecule has 1 heterocycles. The number of carbonyl (C=O) groups excluding carboxylic acids is 2. The van der Waals surface area contributed by atoms with Gasteiger partial charge in [-0.3, -0.25) is 14.5 Å². The smallest absolute Gasteiger partial charge is 0.233 e. The van der Waals surface area contributed by atoms with Crippen LogP contribution >= 0.6 is 0 Å². The van der Waals surface area contributed by atoms with Crippen LogP contribution < -0.4 is 0 Å². The quantitative estimate of drug-likeness (QED) is 0.673. The van der Waals surface area contributed by atoms with E-state index in [4.69, 9.17) is 0 Å². The van der Waals surface area contributed by atoms with Gasteiger partial charge in [-0.1, -0.05) is 19.8 Å². The number of hydrogen-bond acceptors (Lipinski definition) is 2. The van der Waals surface area contributed by atoms with Crippen LogP contribution in [0, 0.1) is 17.8 Å². The van der Waals surface area contributed by atoms with Crippen molar-refractivity contribution >= 4 is 11.8 Å². The highest BCUT2D eigenvalue weighted by molar-refractivity contribution is 6.05. The molecule has 0 bridgehead atoms. The lowest BCUT2D eigenvalue weighted by Gasteiger charge is -2.21. The monoisotopic (exact) mass is 223 g/mol. The van der Waals surface area contributed by atoms with Gasteiger partial charge in [0.15, 0.2) is 0 Å². The fourth-order valence-corrected chi connectivity index (χ4v) is 3.29. The molecule has 0 aromatic rings. The van der Waals surface area contributed by atoms with Crippen molar-refractivity contribution in [3.8, 4) is 0 Å². The van der Waals surface area contributed by atoms with Gasteiger partial charge >= 0.3 is 0 Å². The molecular formula is C13H21NO2. The zero-order chi connectivity index (χ0) is 11.9. The molecule has 2 rings (SSSR count). The van der Waals surface area contributed by atoms with E-state index in [0.717, 1.165) is 12.8 Å². The highest BCUT2D eigenvalue weighted by Crippen LogP contribution is 2.40. The molecule has 2 atom stereocenters. The average Bonchev–Trinajstić information content (AvgIpc) is 2.76. The Hall–Kier alpha value is -0.860. The lowest BCUT2D eigenvalue weighted by atomic mass is 9.83. The number of amides is 2. The fraction of sp³-hybridized carbons (Fsp3) is 0.846. The maximum Gasteiger partial charge on any atom is 0.233 e. The first-order valence-electron chi connectivity index (χ1n) is 6.41. The summed E-state index contributed by atoms with van der Waals surface area (Å²) in [5.74, 6) is 0.446. The topological polar surface area (TPSA) is 37.4 Å². The van der Waals surface area contributed by atoms with Crippen LogP contribution in [0.4, 0.5) is 0 Å². The van der Waals surface area contributed by atoms with E-state index < -0.39 is 0 Å². The third kappa shape index (κ3) is 1.66. The molecule has 1 aliphatic carbocycles. The number of imide groups is 1. The van der Waals surface area contributed by atoms with Gasteiger partial charge in [-0.2, -0.15) is 0 Å². The molecule has 1 aliphatic heterocycles. The molecule has 2 fully saturated rings. The third-order valence-electron chi connectivity index (χ3n) is 4.11. The Morgan fingerprint density at radius 3 is 2.12 bits per heavy atom. The first-order valence-corrected chi connectivity index (χ1v) is 6.41. The Morgan fingerprint density at radius 1 is 1.12 bits per heavy atom. The summed E-state index contributed by atoms with van der Waals surface area (Å²) in [4.78, 5) is 25.8. The minimum Gasteiger partial charge on any atom is -0.280 e. The van der Waals surface area contributed by atoms with Crippen LogP contribution in [0.2, 0.25) is 0 Å². The van der Waals surface area contributed by atoms with Gasteiger partial charge in [-0.25, -0.2) is 0 Å². The molecule has 1 saturated carbocycles. The zero-order valence-electron chi connectivity index (χ0n) is 10.4. The van der Waals surface area contributed by atoms with Crippen molar-refractivity contribution in [2.24, 2.45) is 17.8 Å². The molecule has 0 aromatic heterocycles. The summed E-state index contributed by atoms with van der Waals surface area (Å²) in [6, 6.07) is 0.00820. The van der Waals surface area contributed by atoms with Gasteiger partial charge in [0.2, 0.25) is 11.8 Å². The van der Waals surface area contributed by atoms with E-state index in [1.165, 1.54) is 17.7 Å². The summed E-state index contributed by atoms with van der Waals surface area (Å²) in [6.45, 7) is 5.75. The number of hydrogen-bond donors (Lipinski definition) is 0. The van der Waals surface area contributed by atoms with Crippen LogP contribution in [0.1, 0.15) is 46.5 Å². The second kappa shape index (κ2) is 4.19. The molecule has 3 nitrogen and oxygen atoms in total. The first-order chi connectivity index (χ1) is 7.54. The molecule has 0 N–H and O–H groups in total. The minimum atomic E-state index is -0.0991. The van der Waals surface area contributed by atoms with Gasteiger partial charge in [0.05, 0.1) is 5.92 Å². The number of rotatable bonds is 2. The summed E-state index contributed by atoms with van der Waals surface area (Å²) in [7, 11) is 0. The van der Waals surface area contributed by atoms with Gasteiger partial charge in [-0.15, -0.1) is 0 Å². The number of likely N-dealkylation sites (tertiary alicyclic amines) is 1. The molecule has 2 aliphatic rings. The molecular weight excluding hydrogens is 202 g/mol. The van der Waals surface area contributed by atoms with E-state index in [-0.39, 0.29) is 29.7 Å². The summed E-state index contributed by atoms with van der Waals surface area (Å²) >= 11 is 0. The number of nitrogens with zero attached hydrogens (tertiary/aromatic N) is 1. The van der Waals surface area contributed by atoms with E-state index in [2.05, 4.69) is 0 Å². The zero-order valence-corrected chi connectivity index (χ0v) is 10.4. The fourth-order valence-electron chi connectivity index (χ4n) is 3.29. The minimum absolute atomic E-state index is 0.00820. The molecule has 2 amide bonds. The lowest BCUT2D eigenvalue weighted by Crippen LogP contribution is -2.37. The van der Waals surface area contributed by atoms with E-state index in [9.17, 15) is 9.59 Å². The van der Waals surface area contributed by atoms with Crippen molar-refractivity contribution in [2.45, 2.75) is 52.5 Å². The molecule has 90 valence electrons. The van der Waals surface area contributed by atoms with Gasteiger partial charge in [0.25, 0.3) is 0 Å². The normalized spacial score (nSPS) is 32.1. The first kappa shape index (κ1) is 11.6. The van der Waals surface area contributed by atoms with Crippen LogP contribution in [0.3, 0.4) is 0 Å². The summed E-state index contributed by atoms with van der Waals surface area (Å²) < 4.78 is 0. The van der Waals surface area contributed by atoms with Gasteiger partial charge in [-0.05, 0) is 32.6 Å². The lowest BCUT2D eigenvalue weighted by molar-refractivity contribution is -0.142. The van der Waals surface area contributed by atoms with Gasteiger partial charge in [0.1, 0.15) is 0 Å². The molecule has 16 heavy (non-hydrogen) atoms. The van der Waals surface area contributed by atoms with Crippen LogP contribution in [0.15, 0.2) is 0 Å². The predicted octanol–water partition coefficient (Wildman–Crippen LogP) is 2.21. The van der Waals surface area contributed by atoms with Crippen molar-refractivity contribution in [1.29, 1.82) is 0 Å². The second-order valence-electron chi connectivity index (χ2n) is 5.50. The van der Waals surface area contributed by atoms with Crippen molar-refractivity contribution in [3.05, 3.63) is 0 Å². The average molecular weight is 223 g/mol. The molecule has 1 saturated heterocycles. The Labute approximate surface area is 97.2 Å². The molecule has 0 aromatic carbocycles. The van der Waals surface area contributed by atoms with Crippen LogP contribution in [0.25, 0.3) is 0 Å².